The fraction of sp³-hybridized carbons (Fsp3) is 0.222. The first-order valence-corrected chi connectivity index (χ1v) is 4.39. The number of fused-ring (bicyclic) bond motifs is 1. The first-order valence-electron chi connectivity index (χ1n) is 4.39. The molecule has 6 heteroatoms. The lowest BCUT2D eigenvalue weighted by Crippen LogP contribution is -2.22. The first kappa shape index (κ1) is 9.45. The Balaban J connectivity index is 2.33. The quantitative estimate of drug-likeness (QED) is 0.674. The van der Waals surface area contributed by atoms with E-state index in [1.165, 1.54) is 4.85 Å². The zero-order chi connectivity index (χ0) is 10.8. The van der Waals surface area contributed by atoms with E-state index in [0.29, 0.717) is 17.0 Å². The summed E-state index contributed by atoms with van der Waals surface area (Å²) in [6.45, 7) is 3.72. The van der Waals surface area contributed by atoms with Gasteiger partial charge in [0.2, 0.25) is 11.5 Å². The molecule has 0 aromatic carbocycles. The van der Waals surface area contributed by atoms with Gasteiger partial charge < -0.3 is 9.74 Å². The minimum atomic E-state index is 0.465. The van der Waals surface area contributed by atoms with E-state index in [-0.39, 0.29) is 0 Å². The average Bonchev–Trinajstić information content (AvgIpc) is 2.62. The summed E-state index contributed by atoms with van der Waals surface area (Å²) in [5.74, 6) is 0.465. The summed E-state index contributed by atoms with van der Waals surface area (Å²) in [5.41, 5.74) is 1.25. The number of hydrogen-bond acceptors (Lipinski definition) is 5. The van der Waals surface area contributed by atoms with Crippen molar-refractivity contribution >= 4 is 11.2 Å². The van der Waals surface area contributed by atoms with Gasteiger partial charge in [0.1, 0.15) is 5.52 Å². The largest absolute Gasteiger partial charge is 0.347 e. The fourth-order valence-corrected chi connectivity index (χ4v) is 0.988. The van der Waals surface area contributed by atoms with Crippen molar-refractivity contribution < 1.29 is 4.84 Å². The number of aromatic nitrogens is 4. The molecule has 0 spiro atoms. The van der Waals surface area contributed by atoms with Crippen molar-refractivity contribution in [2.45, 2.75) is 0 Å². The molecule has 2 heterocycles. The van der Waals surface area contributed by atoms with Gasteiger partial charge in [-0.1, -0.05) is 4.85 Å². The van der Waals surface area contributed by atoms with Crippen LogP contribution in [0.2, 0.25) is 0 Å². The third kappa shape index (κ3) is 1.74. The molecule has 6 nitrogen and oxygen atoms in total. The number of nitrogens with zero attached hydrogens (tertiary/aromatic N) is 5. The minimum absolute atomic E-state index is 0.465. The van der Waals surface area contributed by atoms with Gasteiger partial charge in [0.15, 0.2) is 0 Å². The fourth-order valence-electron chi connectivity index (χ4n) is 0.988. The lowest BCUT2D eigenvalue weighted by Gasteiger charge is -2.14. The molecule has 0 aliphatic carbocycles. The molecule has 78 valence electrons. The maximum Gasteiger partial charge on any atom is 0.220 e. The van der Waals surface area contributed by atoms with Crippen molar-refractivity contribution in [3.63, 3.8) is 0 Å². The van der Waals surface area contributed by atoms with Gasteiger partial charge >= 0.3 is 0 Å². The summed E-state index contributed by atoms with van der Waals surface area (Å²) in [7, 11) is 3.66. The molecule has 0 radical (unpaired) electrons. The molecule has 2 rings (SSSR count). The zero-order valence-corrected chi connectivity index (χ0v) is 8.58. The van der Waals surface area contributed by atoms with E-state index in [1.807, 2.05) is 20.2 Å². The minimum Gasteiger partial charge on any atom is -0.347 e. The predicted octanol–water partition coefficient (Wildman–Crippen LogP) is 0.288. The molecule has 0 unspecified atom stereocenters. The van der Waals surface area contributed by atoms with Crippen molar-refractivity contribution in [3.05, 3.63) is 30.8 Å². The molecule has 0 N–H and O–H groups in total. The summed E-state index contributed by atoms with van der Waals surface area (Å²) in [5, 5.41) is 7.71. The summed E-state index contributed by atoms with van der Waals surface area (Å²) in [6.07, 6.45) is 1.66. The highest BCUT2D eigenvalue weighted by molar-refractivity contribution is 5.68. The van der Waals surface area contributed by atoms with Crippen LogP contribution in [0.15, 0.2) is 30.8 Å². The van der Waals surface area contributed by atoms with Crippen molar-refractivity contribution in [1.82, 2.24) is 25.0 Å². The third-order valence-corrected chi connectivity index (χ3v) is 1.87. The van der Waals surface area contributed by atoms with Gasteiger partial charge in [-0.2, -0.15) is 0 Å². The highest BCUT2D eigenvalue weighted by Crippen LogP contribution is 2.05. The SMILES string of the molecule is C=C(On1nnc2cccnc21)N(C)C. The Hall–Kier alpha value is -2.11. The van der Waals surface area contributed by atoms with E-state index in [1.54, 1.807) is 17.2 Å². The molecule has 2 aromatic heterocycles. The molecule has 0 amide bonds. The smallest absolute Gasteiger partial charge is 0.220 e. The van der Waals surface area contributed by atoms with Crippen molar-refractivity contribution in [2.75, 3.05) is 14.1 Å². The summed E-state index contributed by atoms with van der Waals surface area (Å²) < 4.78 is 0. The van der Waals surface area contributed by atoms with E-state index >= 15 is 0 Å². The van der Waals surface area contributed by atoms with E-state index in [9.17, 15) is 0 Å². The number of pyridine rings is 1. The highest BCUT2D eigenvalue weighted by atomic mass is 16.7. The molecule has 0 atom stereocenters. The number of hydrogen-bond donors (Lipinski definition) is 0. The van der Waals surface area contributed by atoms with E-state index in [4.69, 9.17) is 4.84 Å². The van der Waals surface area contributed by atoms with E-state index < -0.39 is 0 Å². The van der Waals surface area contributed by atoms with Crippen LogP contribution in [0, 0.1) is 0 Å². The second kappa shape index (κ2) is 3.56. The van der Waals surface area contributed by atoms with Gasteiger partial charge in [0, 0.05) is 20.3 Å². The van der Waals surface area contributed by atoms with Crippen LogP contribution < -0.4 is 4.84 Å². The molecule has 0 aliphatic rings. The Morgan fingerprint density at radius 2 is 2.33 bits per heavy atom. The average molecular weight is 205 g/mol. The molecule has 0 saturated heterocycles. The van der Waals surface area contributed by atoms with Gasteiger partial charge in [-0.3, -0.25) is 0 Å². The third-order valence-electron chi connectivity index (χ3n) is 1.87. The molecule has 0 saturated carbocycles. The predicted molar refractivity (Wildman–Crippen MR) is 54.7 cm³/mol. The molecule has 0 bridgehead atoms. The maximum absolute atomic E-state index is 5.34. The molecule has 0 aliphatic heterocycles. The van der Waals surface area contributed by atoms with Crippen molar-refractivity contribution in [1.29, 1.82) is 0 Å². The van der Waals surface area contributed by atoms with Crippen LogP contribution in [0.4, 0.5) is 0 Å². The van der Waals surface area contributed by atoms with Gasteiger partial charge in [-0.05, 0) is 23.9 Å². The first-order chi connectivity index (χ1) is 7.18. The number of rotatable bonds is 3. The highest BCUT2D eigenvalue weighted by Gasteiger charge is 2.07. The molecule has 2 aromatic rings. The Kier molecular flexibility index (Phi) is 2.24. The van der Waals surface area contributed by atoms with Crippen LogP contribution in [0.3, 0.4) is 0 Å². The maximum atomic E-state index is 5.34. The van der Waals surface area contributed by atoms with Crippen LogP contribution in [0.5, 0.6) is 0 Å². The van der Waals surface area contributed by atoms with Crippen LogP contribution in [-0.2, 0) is 0 Å². The van der Waals surface area contributed by atoms with Gasteiger partial charge in [0.05, 0.1) is 0 Å². The van der Waals surface area contributed by atoms with Gasteiger partial charge in [-0.15, -0.1) is 5.10 Å². The van der Waals surface area contributed by atoms with Crippen molar-refractivity contribution in [3.8, 4) is 0 Å². The van der Waals surface area contributed by atoms with E-state index in [0.717, 1.165) is 0 Å². The molecular weight excluding hydrogens is 194 g/mol. The monoisotopic (exact) mass is 205 g/mol. The van der Waals surface area contributed by atoms with Crippen LogP contribution in [-0.4, -0.2) is 39.1 Å². The van der Waals surface area contributed by atoms with Crippen LogP contribution in [0.25, 0.3) is 11.2 Å². The van der Waals surface area contributed by atoms with E-state index in [2.05, 4.69) is 21.9 Å². The Labute approximate surface area is 86.7 Å². The summed E-state index contributed by atoms with van der Waals surface area (Å²) >= 11 is 0. The summed E-state index contributed by atoms with van der Waals surface area (Å²) in [4.78, 5) is 12.4. The Morgan fingerprint density at radius 3 is 3.07 bits per heavy atom. The van der Waals surface area contributed by atoms with Gasteiger partial charge in [-0.25, -0.2) is 4.98 Å². The lowest BCUT2D eigenvalue weighted by molar-refractivity contribution is 0.0986. The van der Waals surface area contributed by atoms with Gasteiger partial charge in [0.25, 0.3) is 0 Å². The Bertz CT molecular complexity index is 490. The van der Waals surface area contributed by atoms with Crippen LogP contribution >= 0.6 is 0 Å². The normalized spacial score (nSPS) is 10.3. The van der Waals surface area contributed by atoms with Crippen LogP contribution in [0.1, 0.15) is 0 Å². The Morgan fingerprint density at radius 1 is 1.53 bits per heavy atom. The second-order valence-electron chi connectivity index (χ2n) is 3.19. The summed E-state index contributed by atoms with van der Waals surface area (Å²) in [6, 6.07) is 3.61. The standard InChI is InChI=1S/C9H11N5O/c1-7(13(2)3)15-14-9-8(11-12-14)5-4-6-10-9/h4-6H,1H2,2-3H3. The lowest BCUT2D eigenvalue weighted by atomic mass is 10.4. The van der Waals surface area contributed by atoms with Crippen molar-refractivity contribution in [2.24, 2.45) is 0 Å². The molecule has 15 heavy (non-hydrogen) atoms. The molecular formula is C9H11N5O. The topological polar surface area (TPSA) is 56.1 Å². The molecule has 0 fully saturated rings. The zero-order valence-electron chi connectivity index (χ0n) is 8.58. The second-order valence-corrected chi connectivity index (χ2v) is 3.19.